The van der Waals surface area contributed by atoms with E-state index in [4.69, 9.17) is 0 Å². The Kier molecular flexibility index (Phi) is 4.93. The Bertz CT molecular complexity index is 300. The van der Waals surface area contributed by atoms with Crippen LogP contribution in [0.4, 0.5) is 0 Å². The van der Waals surface area contributed by atoms with Crippen LogP contribution < -0.4 is 0 Å². The molecular weight excluding hydrogens is 202 g/mol. The number of benzene rings is 1. The summed E-state index contributed by atoms with van der Waals surface area (Å²) in [6.45, 7) is 4.27. The summed E-state index contributed by atoms with van der Waals surface area (Å²) < 4.78 is 0. The lowest BCUT2D eigenvalue weighted by Gasteiger charge is -2.29. The van der Waals surface area contributed by atoms with Gasteiger partial charge in [0, 0.05) is 12.6 Å². The van der Waals surface area contributed by atoms with Gasteiger partial charge in [0.15, 0.2) is 0 Å². The van der Waals surface area contributed by atoms with Crippen LogP contribution in [0.1, 0.15) is 25.5 Å². The van der Waals surface area contributed by atoms with Crippen molar-refractivity contribution in [3.05, 3.63) is 35.9 Å². The van der Waals surface area contributed by atoms with Crippen molar-refractivity contribution in [1.82, 2.24) is 4.90 Å². The number of aliphatic hydroxyl groups excluding tert-OH is 2. The lowest BCUT2D eigenvalue weighted by Crippen LogP contribution is -2.38. The van der Waals surface area contributed by atoms with Gasteiger partial charge in [0.2, 0.25) is 0 Å². The molecule has 0 fully saturated rings. The van der Waals surface area contributed by atoms with Crippen LogP contribution in [0.3, 0.4) is 0 Å². The Balaban J connectivity index is 2.63. The van der Waals surface area contributed by atoms with Gasteiger partial charge in [0.1, 0.15) is 0 Å². The van der Waals surface area contributed by atoms with Gasteiger partial charge in [-0.15, -0.1) is 0 Å². The Morgan fingerprint density at radius 1 is 1.12 bits per heavy atom. The maximum absolute atomic E-state index is 10.1. The van der Waals surface area contributed by atoms with E-state index >= 15 is 0 Å². The Hall–Kier alpha value is -0.900. The quantitative estimate of drug-likeness (QED) is 0.793. The number of aliphatic hydroxyl groups is 2. The van der Waals surface area contributed by atoms with Gasteiger partial charge < -0.3 is 10.2 Å². The third-order valence-electron chi connectivity index (χ3n) is 2.85. The average molecular weight is 223 g/mol. The second-order valence-corrected chi connectivity index (χ2v) is 4.38. The molecule has 0 aliphatic rings. The van der Waals surface area contributed by atoms with Gasteiger partial charge in [0.05, 0.1) is 12.2 Å². The van der Waals surface area contributed by atoms with Crippen LogP contribution >= 0.6 is 0 Å². The highest BCUT2D eigenvalue weighted by Crippen LogP contribution is 2.19. The van der Waals surface area contributed by atoms with Gasteiger partial charge in [-0.1, -0.05) is 30.3 Å². The number of likely N-dealkylation sites (N-methyl/N-ethyl adjacent to an activating group) is 1. The average Bonchev–Trinajstić information content (AvgIpc) is 2.27. The fourth-order valence-electron chi connectivity index (χ4n) is 1.75. The second kappa shape index (κ2) is 5.99. The van der Waals surface area contributed by atoms with E-state index in [1.54, 1.807) is 6.92 Å². The molecule has 16 heavy (non-hydrogen) atoms. The van der Waals surface area contributed by atoms with Crippen LogP contribution in [0.25, 0.3) is 0 Å². The van der Waals surface area contributed by atoms with E-state index in [0.717, 1.165) is 5.56 Å². The summed E-state index contributed by atoms with van der Waals surface area (Å²) in [5.41, 5.74) is 0.910. The van der Waals surface area contributed by atoms with Crippen LogP contribution in [0.5, 0.6) is 0 Å². The normalized spacial score (nSPS) is 17.1. The molecule has 0 aromatic heterocycles. The van der Waals surface area contributed by atoms with Gasteiger partial charge in [-0.3, -0.25) is 4.90 Å². The topological polar surface area (TPSA) is 43.7 Å². The van der Waals surface area contributed by atoms with Gasteiger partial charge in [0.25, 0.3) is 0 Å². The molecule has 3 heteroatoms. The highest BCUT2D eigenvalue weighted by molar-refractivity contribution is 5.18. The van der Waals surface area contributed by atoms with Crippen molar-refractivity contribution in [2.24, 2.45) is 0 Å². The molecule has 0 radical (unpaired) electrons. The van der Waals surface area contributed by atoms with E-state index in [9.17, 15) is 10.2 Å². The lowest BCUT2D eigenvalue weighted by atomic mass is 10.0. The third-order valence-corrected chi connectivity index (χ3v) is 2.85. The highest BCUT2D eigenvalue weighted by atomic mass is 16.3. The molecule has 1 rings (SSSR count). The van der Waals surface area contributed by atoms with E-state index in [2.05, 4.69) is 0 Å². The maximum atomic E-state index is 10.1. The summed E-state index contributed by atoms with van der Waals surface area (Å²) in [7, 11) is 1.91. The molecule has 3 atom stereocenters. The number of hydrogen-bond donors (Lipinski definition) is 2. The van der Waals surface area contributed by atoms with Crippen LogP contribution in [-0.2, 0) is 0 Å². The first kappa shape index (κ1) is 13.2. The largest absolute Gasteiger partial charge is 0.392 e. The standard InChI is InChI=1S/C13H21NO2/c1-10(15)9-14(3)11(2)13(16)12-7-5-4-6-8-12/h4-8,10-11,13,15-16H,9H2,1-3H3/t10?,11-,13+/m1/s1. The molecule has 90 valence electrons. The highest BCUT2D eigenvalue weighted by Gasteiger charge is 2.20. The molecule has 0 aliphatic carbocycles. The van der Waals surface area contributed by atoms with Crippen molar-refractivity contribution in [2.75, 3.05) is 13.6 Å². The van der Waals surface area contributed by atoms with Crippen molar-refractivity contribution < 1.29 is 10.2 Å². The van der Waals surface area contributed by atoms with E-state index < -0.39 is 6.10 Å². The molecule has 1 aromatic carbocycles. The molecule has 0 amide bonds. The van der Waals surface area contributed by atoms with Gasteiger partial charge in [-0.2, -0.15) is 0 Å². The van der Waals surface area contributed by atoms with Crippen LogP contribution in [-0.4, -0.2) is 40.9 Å². The van der Waals surface area contributed by atoms with Crippen LogP contribution in [0.15, 0.2) is 30.3 Å². The summed E-state index contributed by atoms with van der Waals surface area (Å²) in [6, 6.07) is 9.58. The number of rotatable bonds is 5. The minimum atomic E-state index is -0.523. The van der Waals surface area contributed by atoms with E-state index in [-0.39, 0.29) is 12.1 Å². The van der Waals surface area contributed by atoms with E-state index in [1.165, 1.54) is 0 Å². The molecule has 0 saturated heterocycles. The number of nitrogens with zero attached hydrogens (tertiary/aromatic N) is 1. The minimum absolute atomic E-state index is 0.0167. The Labute approximate surface area is 97.3 Å². The molecule has 1 unspecified atom stereocenters. The predicted octanol–water partition coefficient (Wildman–Crippen LogP) is 1.42. The molecule has 1 aromatic rings. The molecule has 3 nitrogen and oxygen atoms in total. The summed E-state index contributed by atoms with van der Waals surface area (Å²) in [5, 5.41) is 19.4. The smallest absolute Gasteiger partial charge is 0.0942 e. The monoisotopic (exact) mass is 223 g/mol. The zero-order valence-corrected chi connectivity index (χ0v) is 10.2. The molecule has 0 spiro atoms. The van der Waals surface area contributed by atoms with Crippen molar-refractivity contribution in [1.29, 1.82) is 0 Å². The van der Waals surface area contributed by atoms with Crippen molar-refractivity contribution in [3.8, 4) is 0 Å². The van der Waals surface area contributed by atoms with Gasteiger partial charge >= 0.3 is 0 Å². The summed E-state index contributed by atoms with van der Waals surface area (Å²) >= 11 is 0. The Morgan fingerprint density at radius 2 is 1.69 bits per heavy atom. The fraction of sp³-hybridized carbons (Fsp3) is 0.538. The zero-order chi connectivity index (χ0) is 12.1. The molecular formula is C13H21NO2. The molecule has 2 N–H and O–H groups in total. The summed E-state index contributed by atoms with van der Waals surface area (Å²) in [4.78, 5) is 1.96. The fourth-order valence-corrected chi connectivity index (χ4v) is 1.75. The first-order chi connectivity index (χ1) is 7.52. The first-order valence-electron chi connectivity index (χ1n) is 5.63. The third kappa shape index (κ3) is 3.59. The van der Waals surface area contributed by atoms with Gasteiger partial charge in [-0.05, 0) is 26.5 Å². The molecule has 0 heterocycles. The van der Waals surface area contributed by atoms with Crippen LogP contribution in [0.2, 0.25) is 0 Å². The Morgan fingerprint density at radius 3 is 2.19 bits per heavy atom. The summed E-state index contributed by atoms with van der Waals surface area (Å²) in [5.74, 6) is 0. The SMILES string of the molecule is CC(O)CN(C)[C@H](C)[C@H](O)c1ccccc1. The predicted molar refractivity (Wildman–Crippen MR) is 65.2 cm³/mol. The van der Waals surface area contributed by atoms with E-state index in [0.29, 0.717) is 6.54 Å². The number of hydrogen-bond acceptors (Lipinski definition) is 3. The lowest BCUT2D eigenvalue weighted by molar-refractivity contribution is 0.0464. The van der Waals surface area contributed by atoms with Gasteiger partial charge in [-0.25, -0.2) is 0 Å². The minimum Gasteiger partial charge on any atom is -0.392 e. The van der Waals surface area contributed by atoms with Crippen molar-refractivity contribution >= 4 is 0 Å². The van der Waals surface area contributed by atoms with Crippen molar-refractivity contribution in [3.63, 3.8) is 0 Å². The molecule has 0 aliphatic heterocycles. The van der Waals surface area contributed by atoms with Crippen LogP contribution in [0, 0.1) is 0 Å². The molecule has 0 bridgehead atoms. The summed E-state index contributed by atoms with van der Waals surface area (Å²) in [6.07, 6.45) is -0.902. The second-order valence-electron chi connectivity index (χ2n) is 4.38. The maximum Gasteiger partial charge on any atom is 0.0942 e. The zero-order valence-electron chi connectivity index (χ0n) is 10.2. The first-order valence-corrected chi connectivity index (χ1v) is 5.63. The van der Waals surface area contributed by atoms with E-state index in [1.807, 2.05) is 49.2 Å². The van der Waals surface area contributed by atoms with Crippen molar-refractivity contribution in [2.45, 2.75) is 32.1 Å². The molecule has 0 saturated carbocycles.